The van der Waals surface area contributed by atoms with Crippen LogP contribution in [0, 0.1) is 5.82 Å². The Bertz CT molecular complexity index is 651. The molecule has 0 saturated carbocycles. The highest BCUT2D eigenvalue weighted by atomic mass is 19.4. The number of benzene rings is 2. The maximum Gasteiger partial charge on any atom is 0.416 e. The topological polar surface area (TPSA) is 41.1 Å². The van der Waals surface area contributed by atoms with Gasteiger partial charge in [-0.15, -0.1) is 0 Å². The van der Waals surface area contributed by atoms with Gasteiger partial charge in [-0.25, -0.2) is 4.39 Å². The molecule has 0 unspecified atom stereocenters. The summed E-state index contributed by atoms with van der Waals surface area (Å²) in [5, 5.41) is 5.45. The number of rotatable bonds is 5. The lowest BCUT2D eigenvalue weighted by Gasteiger charge is -2.09. The van der Waals surface area contributed by atoms with Crippen LogP contribution in [0.2, 0.25) is 0 Å². The molecule has 0 aromatic heterocycles. The second-order valence-electron chi connectivity index (χ2n) is 4.81. The minimum atomic E-state index is -4.40. The first-order valence-electron chi connectivity index (χ1n) is 6.81. The summed E-state index contributed by atoms with van der Waals surface area (Å²) in [7, 11) is 0. The van der Waals surface area contributed by atoms with Gasteiger partial charge >= 0.3 is 6.18 Å². The van der Waals surface area contributed by atoms with Gasteiger partial charge in [0.2, 0.25) is 5.91 Å². The molecule has 0 fully saturated rings. The number of halogens is 4. The maximum absolute atomic E-state index is 12.7. The summed E-state index contributed by atoms with van der Waals surface area (Å²) in [6.07, 6.45) is -4.28. The van der Waals surface area contributed by atoms with Gasteiger partial charge < -0.3 is 10.6 Å². The Kier molecular flexibility index (Phi) is 5.20. The van der Waals surface area contributed by atoms with E-state index in [4.69, 9.17) is 0 Å². The third-order valence-corrected chi connectivity index (χ3v) is 3.02. The molecule has 2 rings (SSSR count). The highest BCUT2D eigenvalue weighted by Crippen LogP contribution is 2.29. The SMILES string of the molecule is O=C(CCNc1ccc(F)cc1)Nc1ccc(C(F)(F)F)cc1. The minimum absolute atomic E-state index is 0.123. The van der Waals surface area contributed by atoms with Crippen molar-refractivity contribution in [2.75, 3.05) is 17.2 Å². The molecule has 7 heteroatoms. The Balaban J connectivity index is 1.79. The molecule has 0 aliphatic carbocycles. The average molecular weight is 326 g/mol. The maximum atomic E-state index is 12.7. The van der Waals surface area contributed by atoms with E-state index >= 15 is 0 Å². The van der Waals surface area contributed by atoms with Crippen molar-refractivity contribution in [3.63, 3.8) is 0 Å². The fourth-order valence-electron chi connectivity index (χ4n) is 1.85. The number of alkyl halides is 3. The number of carbonyl (C=O) groups is 1. The van der Waals surface area contributed by atoms with E-state index in [9.17, 15) is 22.4 Å². The first kappa shape index (κ1) is 16.8. The lowest BCUT2D eigenvalue weighted by Crippen LogP contribution is -2.16. The van der Waals surface area contributed by atoms with Gasteiger partial charge in [-0.2, -0.15) is 13.2 Å². The second kappa shape index (κ2) is 7.13. The molecule has 1 amide bonds. The normalized spacial score (nSPS) is 11.1. The highest BCUT2D eigenvalue weighted by molar-refractivity contribution is 5.91. The van der Waals surface area contributed by atoms with Crippen molar-refractivity contribution in [1.82, 2.24) is 0 Å². The molecule has 3 nitrogen and oxygen atoms in total. The zero-order valence-corrected chi connectivity index (χ0v) is 12.0. The number of hydrogen-bond acceptors (Lipinski definition) is 2. The predicted octanol–water partition coefficient (Wildman–Crippen LogP) is 4.29. The molecule has 0 bridgehead atoms. The van der Waals surface area contributed by atoms with Crippen LogP contribution in [0.15, 0.2) is 48.5 Å². The van der Waals surface area contributed by atoms with Crippen molar-refractivity contribution in [2.45, 2.75) is 12.6 Å². The largest absolute Gasteiger partial charge is 0.416 e. The van der Waals surface area contributed by atoms with Crippen LogP contribution >= 0.6 is 0 Å². The molecule has 122 valence electrons. The van der Waals surface area contributed by atoms with E-state index in [0.29, 0.717) is 17.9 Å². The smallest absolute Gasteiger partial charge is 0.385 e. The summed E-state index contributed by atoms with van der Waals surface area (Å²) >= 11 is 0. The molecule has 0 aliphatic rings. The van der Waals surface area contributed by atoms with Crippen LogP contribution in [0.25, 0.3) is 0 Å². The Hall–Kier alpha value is -2.57. The lowest BCUT2D eigenvalue weighted by molar-refractivity contribution is -0.137. The Morgan fingerprint density at radius 2 is 1.48 bits per heavy atom. The van der Waals surface area contributed by atoms with Gasteiger partial charge in [0.1, 0.15) is 5.82 Å². The van der Waals surface area contributed by atoms with E-state index in [-0.39, 0.29) is 18.1 Å². The fraction of sp³-hybridized carbons (Fsp3) is 0.188. The quantitative estimate of drug-likeness (QED) is 0.805. The van der Waals surface area contributed by atoms with Crippen molar-refractivity contribution >= 4 is 17.3 Å². The van der Waals surface area contributed by atoms with Crippen molar-refractivity contribution in [3.05, 3.63) is 59.9 Å². The number of nitrogens with one attached hydrogen (secondary N) is 2. The van der Waals surface area contributed by atoms with E-state index in [1.54, 1.807) is 12.1 Å². The number of anilines is 2. The molecule has 0 atom stereocenters. The Labute approximate surface area is 130 Å². The van der Waals surface area contributed by atoms with E-state index in [2.05, 4.69) is 10.6 Å². The zero-order chi connectivity index (χ0) is 16.9. The molecular weight excluding hydrogens is 312 g/mol. The van der Waals surface area contributed by atoms with E-state index in [1.807, 2.05) is 0 Å². The van der Waals surface area contributed by atoms with Gasteiger partial charge in [0.05, 0.1) is 5.56 Å². The molecule has 0 saturated heterocycles. The molecule has 0 aliphatic heterocycles. The minimum Gasteiger partial charge on any atom is -0.385 e. The first-order chi connectivity index (χ1) is 10.8. The van der Waals surface area contributed by atoms with Crippen molar-refractivity contribution in [1.29, 1.82) is 0 Å². The van der Waals surface area contributed by atoms with Gasteiger partial charge in [0, 0.05) is 24.3 Å². The Morgan fingerprint density at radius 3 is 2.04 bits per heavy atom. The molecule has 23 heavy (non-hydrogen) atoms. The third-order valence-electron chi connectivity index (χ3n) is 3.02. The van der Waals surface area contributed by atoms with E-state index in [1.165, 1.54) is 24.3 Å². The molecule has 2 N–H and O–H groups in total. The molecule has 2 aromatic carbocycles. The van der Waals surface area contributed by atoms with Crippen LogP contribution in [-0.2, 0) is 11.0 Å². The van der Waals surface area contributed by atoms with Gasteiger partial charge in [0.25, 0.3) is 0 Å². The summed E-state index contributed by atoms with van der Waals surface area (Å²) in [4.78, 5) is 11.7. The molecule has 0 heterocycles. The van der Waals surface area contributed by atoms with Gasteiger partial charge in [-0.1, -0.05) is 0 Å². The number of amides is 1. The van der Waals surface area contributed by atoms with E-state index in [0.717, 1.165) is 12.1 Å². The standard InChI is InChI=1S/C16H14F4N2O/c17-12-3-7-13(8-4-12)21-10-9-15(23)22-14-5-1-11(2-6-14)16(18,19)20/h1-8,21H,9-10H2,(H,22,23). The molecule has 0 spiro atoms. The number of hydrogen-bond donors (Lipinski definition) is 2. The summed E-state index contributed by atoms with van der Waals surface area (Å²) < 4.78 is 50.0. The summed E-state index contributed by atoms with van der Waals surface area (Å²) in [5.74, 6) is -0.685. The fourth-order valence-corrected chi connectivity index (χ4v) is 1.85. The Morgan fingerprint density at radius 1 is 0.913 bits per heavy atom. The summed E-state index contributed by atoms with van der Waals surface area (Å²) in [6.45, 7) is 0.318. The highest BCUT2D eigenvalue weighted by Gasteiger charge is 2.29. The van der Waals surface area contributed by atoms with Crippen LogP contribution in [0.5, 0.6) is 0 Å². The van der Waals surface area contributed by atoms with Crippen molar-refractivity contribution in [2.24, 2.45) is 0 Å². The van der Waals surface area contributed by atoms with Crippen LogP contribution < -0.4 is 10.6 Å². The summed E-state index contributed by atoms with van der Waals surface area (Å²) in [5.41, 5.74) is 0.201. The van der Waals surface area contributed by atoms with Gasteiger partial charge in [-0.05, 0) is 48.5 Å². The van der Waals surface area contributed by atoms with Gasteiger partial charge in [-0.3, -0.25) is 4.79 Å². The first-order valence-corrected chi connectivity index (χ1v) is 6.81. The van der Waals surface area contributed by atoms with Crippen molar-refractivity contribution in [3.8, 4) is 0 Å². The molecule has 2 aromatic rings. The lowest BCUT2D eigenvalue weighted by atomic mass is 10.2. The van der Waals surface area contributed by atoms with Crippen molar-refractivity contribution < 1.29 is 22.4 Å². The average Bonchev–Trinajstić information content (AvgIpc) is 2.49. The van der Waals surface area contributed by atoms with E-state index < -0.39 is 11.7 Å². The van der Waals surface area contributed by atoms with Gasteiger partial charge in [0.15, 0.2) is 0 Å². The summed E-state index contributed by atoms with van der Waals surface area (Å²) in [6, 6.07) is 9.91. The molecular formula is C16H14F4N2O. The van der Waals surface area contributed by atoms with Crippen LogP contribution in [0.1, 0.15) is 12.0 Å². The predicted molar refractivity (Wildman–Crippen MR) is 79.6 cm³/mol. The molecule has 0 radical (unpaired) electrons. The zero-order valence-electron chi connectivity index (χ0n) is 12.0. The number of carbonyl (C=O) groups excluding carboxylic acids is 1. The van der Waals surface area contributed by atoms with Crippen LogP contribution in [-0.4, -0.2) is 12.5 Å². The second-order valence-corrected chi connectivity index (χ2v) is 4.81. The third kappa shape index (κ3) is 5.28. The van der Waals surface area contributed by atoms with Crippen LogP contribution in [0.3, 0.4) is 0 Å². The van der Waals surface area contributed by atoms with Crippen LogP contribution in [0.4, 0.5) is 28.9 Å². The monoisotopic (exact) mass is 326 g/mol.